The van der Waals surface area contributed by atoms with Crippen LogP contribution in [0.3, 0.4) is 0 Å². The highest BCUT2D eigenvalue weighted by Crippen LogP contribution is 2.26. The number of hydrogen-bond donors (Lipinski definition) is 1. The van der Waals surface area contributed by atoms with Gasteiger partial charge in [0.25, 0.3) is 0 Å². The molecule has 0 aliphatic carbocycles. The first-order valence-corrected chi connectivity index (χ1v) is 6.55. The second-order valence-corrected chi connectivity index (χ2v) is 4.48. The van der Waals surface area contributed by atoms with Crippen LogP contribution in [0, 0.1) is 0 Å². The molecule has 1 aromatic carbocycles. The van der Waals surface area contributed by atoms with E-state index in [0.717, 1.165) is 25.0 Å². The van der Waals surface area contributed by atoms with Crippen LogP contribution in [0.25, 0.3) is 5.57 Å². The number of hydrogen-bond acceptors (Lipinski definition) is 4. The molecule has 0 aromatic heterocycles. The lowest BCUT2D eigenvalue weighted by atomic mass is 10.1. The number of carbonyl (C=O) groups is 1. The third-order valence-electron chi connectivity index (χ3n) is 2.99. The van der Waals surface area contributed by atoms with Crippen molar-refractivity contribution in [3.8, 4) is 5.75 Å². The van der Waals surface area contributed by atoms with Gasteiger partial charge in [-0.05, 0) is 24.1 Å². The summed E-state index contributed by atoms with van der Waals surface area (Å²) in [6.45, 7) is 2.81. The summed E-state index contributed by atoms with van der Waals surface area (Å²) in [5.41, 5.74) is 0.901. The molecule has 4 heteroatoms. The van der Waals surface area contributed by atoms with Crippen LogP contribution in [0.1, 0.15) is 31.7 Å². The minimum Gasteiger partial charge on any atom is -0.508 e. The Labute approximate surface area is 112 Å². The SMILES string of the molecule is CCCCCOc1ccc(C2=C(O)COC2=O)cc1. The Morgan fingerprint density at radius 2 is 2.00 bits per heavy atom. The van der Waals surface area contributed by atoms with Gasteiger partial charge in [0.2, 0.25) is 0 Å². The normalized spacial score (nSPS) is 14.7. The summed E-state index contributed by atoms with van der Waals surface area (Å²) in [6, 6.07) is 7.11. The molecular weight excluding hydrogens is 244 g/mol. The van der Waals surface area contributed by atoms with Crippen LogP contribution < -0.4 is 4.74 Å². The fourth-order valence-electron chi connectivity index (χ4n) is 1.94. The standard InChI is InChI=1S/C15H18O4/c1-2-3-4-9-18-12-7-5-11(6-8-12)14-13(16)10-19-15(14)17/h5-8,16H,2-4,9-10H2,1H3. The molecular formula is C15H18O4. The maximum absolute atomic E-state index is 11.4. The smallest absolute Gasteiger partial charge is 0.342 e. The van der Waals surface area contributed by atoms with E-state index in [4.69, 9.17) is 9.47 Å². The highest BCUT2D eigenvalue weighted by molar-refractivity contribution is 6.18. The van der Waals surface area contributed by atoms with Crippen molar-refractivity contribution in [1.29, 1.82) is 0 Å². The Kier molecular flexibility index (Phi) is 4.44. The van der Waals surface area contributed by atoms with Gasteiger partial charge in [0, 0.05) is 0 Å². The number of benzene rings is 1. The molecule has 0 unspecified atom stereocenters. The van der Waals surface area contributed by atoms with Gasteiger partial charge in [0.05, 0.1) is 6.61 Å². The third-order valence-corrected chi connectivity index (χ3v) is 2.99. The predicted octanol–water partition coefficient (Wildman–Crippen LogP) is 3.08. The van der Waals surface area contributed by atoms with E-state index in [1.165, 1.54) is 0 Å². The lowest BCUT2D eigenvalue weighted by molar-refractivity contribution is -0.134. The van der Waals surface area contributed by atoms with Crippen LogP contribution >= 0.6 is 0 Å². The molecule has 0 radical (unpaired) electrons. The van der Waals surface area contributed by atoms with Crippen LogP contribution in [0.2, 0.25) is 0 Å². The zero-order chi connectivity index (χ0) is 13.7. The highest BCUT2D eigenvalue weighted by atomic mass is 16.5. The summed E-state index contributed by atoms with van der Waals surface area (Å²) in [5, 5.41) is 9.59. The monoisotopic (exact) mass is 262 g/mol. The van der Waals surface area contributed by atoms with E-state index in [0.29, 0.717) is 12.2 Å². The summed E-state index contributed by atoms with van der Waals surface area (Å²) in [4.78, 5) is 11.4. The fraction of sp³-hybridized carbons (Fsp3) is 0.400. The summed E-state index contributed by atoms with van der Waals surface area (Å²) in [7, 11) is 0. The van der Waals surface area contributed by atoms with Crippen LogP contribution in [0.15, 0.2) is 30.0 Å². The first-order chi connectivity index (χ1) is 9.22. The van der Waals surface area contributed by atoms with Crippen molar-refractivity contribution in [1.82, 2.24) is 0 Å². The van der Waals surface area contributed by atoms with E-state index in [1.54, 1.807) is 24.3 Å². The molecule has 2 rings (SSSR count). The van der Waals surface area contributed by atoms with E-state index in [2.05, 4.69) is 6.92 Å². The number of cyclic esters (lactones) is 1. The van der Waals surface area contributed by atoms with E-state index >= 15 is 0 Å². The first kappa shape index (κ1) is 13.5. The van der Waals surface area contributed by atoms with Gasteiger partial charge in [-0.3, -0.25) is 0 Å². The molecule has 1 heterocycles. The van der Waals surface area contributed by atoms with Crippen LogP contribution in [-0.2, 0) is 9.53 Å². The van der Waals surface area contributed by atoms with Crippen LogP contribution in [0.4, 0.5) is 0 Å². The molecule has 1 aromatic rings. The minimum atomic E-state index is -0.478. The van der Waals surface area contributed by atoms with Gasteiger partial charge in [-0.15, -0.1) is 0 Å². The second kappa shape index (κ2) is 6.27. The summed E-state index contributed by atoms with van der Waals surface area (Å²) < 4.78 is 10.3. The largest absolute Gasteiger partial charge is 0.508 e. The third kappa shape index (κ3) is 3.28. The van der Waals surface area contributed by atoms with Gasteiger partial charge < -0.3 is 14.6 Å². The molecule has 0 bridgehead atoms. The summed E-state index contributed by atoms with van der Waals surface area (Å²) >= 11 is 0. The van der Waals surface area contributed by atoms with E-state index in [9.17, 15) is 9.90 Å². The first-order valence-electron chi connectivity index (χ1n) is 6.55. The topological polar surface area (TPSA) is 55.8 Å². The predicted molar refractivity (Wildman–Crippen MR) is 72.0 cm³/mol. The Balaban J connectivity index is 1.99. The molecule has 0 amide bonds. The number of ether oxygens (including phenoxy) is 2. The Bertz CT molecular complexity index is 473. The zero-order valence-corrected chi connectivity index (χ0v) is 11.0. The molecule has 102 valence electrons. The number of esters is 1. The quantitative estimate of drug-likeness (QED) is 0.632. The average molecular weight is 262 g/mol. The van der Waals surface area contributed by atoms with Crippen molar-refractivity contribution in [2.45, 2.75) is 26.2 Å². The molecule has 0 atom stereocenters. The molecule has 0 fully saturated rings. The van der Waals surface area contributed by atoms with E-state index in [1.807, 2.05) is 0 Å². The zero-order valence-electron chi connectivity index (χ0n) is 11.0. The molecule has 1 N–H and O–H groups in total. The van der Waals surface area contributed by atoms with Gasteiger partial charge in [-0.1, -0.05) is 31.9 Å². The Morgan fingerprint density at radius 1 is 1.26 bits per heavy atom. The molecule has 1 aliphatic rings. The van der Waals surface area contributed by atoms with Crippen LogP contribution in [0.5, 0.6) is 5.75 Å². The number of rotatable bonds is 6. The number of unbranched alkanes of at least 4 members (excludes halogenated alkanes) is 2. The van der Waals surface area contributed by atoms with E-state index in [-0.39, 0.29) is 17.9 Å². The van der Waals surface area contributed by atoms with Crippen LogP contribution in [-0.4, -0.2) is 24.3 Å². The molecule has 0 saturated carbocycles. The average Bonchev–Trinajstić information content (AvgIpc) is 2.75. The fourth-order valence-corrected chi connectivity index (χ4v) is 1.94. The maximum atomic E-state index is 11.4. The van der Waals surface area contributed by atoms with Crippen molar-refractivity contribution in [2.75, 3.05) is 13.2 Å². The molecule has 0 saturated heterocycles. The maximum Gasteiger partial charge on any atom is 0.342 e. The van der Waals surface area contributed by atoms with Gasteiger partial charge in [0.15, 0.2) is 0 Å². The summed E-state index contributed by atoms with van der Waals surface area (Å²) in [5.74, 6) is 0.280. The number of aliphatic hydroxyl groups is 1. The van der Waals surface area contributed by atoms with E-state index < -0.39 is 5.97 Å². The Hall–Kier alpha value is -1.97. The molecule has 0 spiro atoms. The number of aliphatic hydroxyl groups excluding tert-OH is 1. The Morgan fingerprint density at radius 3 is 2.58 bits per heavy atom. The number of carbonyl (C=O) groups excluding carboxylic acids is 1. The molecule has 19 heavy (non-hydrogen) atoms. The van der Waals surface area contributed by atoms with Crippen molar-refractivity contribution < 1.29 is 19.4 Å². The molecule has 4 nitrogen and oxygen atoms in total. The van der Waals surface area contributed by atoms with Gasteiger partial charge in [0.1, 0.15) is 23.7 Å². The summed E-state index contributed by atoms with van der Waals surface area (Å²) in [6.07, 6.45) is 3.36. The van der Waals surface area contributed by atoms with Crippen molar-refractivity contribution in [3.05, 3.63) is 35.6 Å². The molecule has 1 aliphatic heterocycles. The van der Waals surface area contributed by atoms with Crippen molar-refractivity contribution in [3.63, 3.8) is 0 Å². The van der Waals surface area contributed by atoms with Gasteiger partial charge in [-0.2, -0.15) is 0 Å². The second-order valence-electron chi connectivity index (χ2n) is 4.48. The van der Waals surface area contributed by atoms with Gasteiger partial charge >= 0.3 is 5.97 Å². The van der Waals surface area contributed by atoms with Crippen molar-refractivity contribution >= 4 is 11.5 Å². The highest BCUT2D eigenvalue weighted by Gasteiger charge is 2.25. The minimum absolute atomic E-state index is 0.0124. The lowest BCUT2D eigenvalue weighted by Gasteiger charge is -2.06. The lowest BCUT2D eigenvalue weighted by Crippen LogP contribution is -2.00. The van der Waals surface area contributed by atoms with Crippen molar-refractivity contribution in [2.24, 2.45) is 0 Å². The van der Waals surface area contributed by atoms with Gasteiger partial charge in [-0.25, -0.2) is 4.79 Å².